The smallest absolute Gasteiger partial charge is 0.251 e. The molecule has 0 saturated carbocycles. The van der Waals surface area contributed by atoms with Gasteiger partial charge in [-0.2, -0.15) is 0 Å². The molecule has 1 unspecified atom stereocenters. The summed E-state index contributed by atoms with van der Waals surface area (Å²) >= 11 is 6.09. The van der Waals surface area contributed by atoms with E-state index in [0.717, 1.165) is 0 Å². The van der Waals surface area contributed by atoms with Gasteiger partial charge in [0.25, 0.3) is 5.91 Å². The van der Waals surface area contributed by atoms with Crippen LogP contribution in [0.25, 0.3) is 0 Å². The molecule has 5 nitrogen and oxygen atoms in total. The number of nitrogens with one attached hydrogen (secondary N) is 1. The van der Waals surface area contributed by atoms with Crippen LogP contribution in [0.2, 0.25) is 5.02 Å². The van der Waals surface area contributed by atoms with Crippen LogP contribution in [0.3, 0.4) is 0 Å². The number of aliphatic hydroxyl groups is 1. The largest absolute Gasteiger partial charge is 0.493 e. The molecule has 0 aliphatic rings. The first kappa shape index (κ1) is 17.6. The molecule has 1 rings (SSSR count). The van der Waals surface area contributed by atoms with Crippen LogP contribution in [-0.4, -0.2) is 37.9 Å². The lowest BCUT2D eigenvalue weighted by Crippen LogP contribution is -2.39. The molecule has 6 heteroatoms. The zero-order valence-corrected chi connectivity index (χ0v) is 13.5. The molecule has 1 atom stereocenters. The van der Waals surface area contributed by atoms with Crippen molar-refractivity contribution < 1.29 is 19.4 Å². The molecule has 0 aliphatic carbocycles. The summed E-state index contributed by atoms with van der Waals surface area (Å²) < 4.78 is 10.3. The van der Waals surface area contributed by atoms with E-state index in [1.165, 1.54) is 20.3 Å². The third-order valence-corrected chi connectivity index (χ3v) is 3.54. The summed E-state index contributed by atoms with van der Waals surface area (Å²) in [4.78, 5) is 12.3. The lowest BCUT2D eigenvalue weighted by molar-refractivity contribution is 0.0916. The third-order valence-electron chi connectivity index (χ3n) is 3.26. The quantitative estimate of drug-likeness (QED) is 0.811. The van der Waals surface area contributed by atoms with Crippen molar-refractivity contribution in [2.24, 2.45) is 5.92 Å². The number of carbonyl (C=O) groups excluding carboxylic acids is 1. The van der Waals surface area contributed by atoms with Crippen molar-refractivity contribution in [3.63, 3.8) is 0 Å². The van der Waals surface area contributed by atoms with Crippen LogP contribution in [0.1, 0.15) is 30.6 Å². The van der Waals surface area contributed by atoms with Crippen molar-refractivity contribution in [3.05, 3.63) is 22.7 Å². The Morgan fingerprint density at radius 1 is 1.33 bits per heavy atom. The van der Waals surface area contributed by atoms with Crippen LogP contribution < -0.4 is 14.8 Å². The summed E-state index contributed by atoms with van der Waals surface area (Å²) in [6, 6.07) is 3.01. The first-order chi connectivity index (χ1) is 9.94. The molecule has 0 aliphatic heterocycles. The van der Waals surface area contributed by atoms with E-state index in [-0.39, 0.29) is 24.5 Å². The zero-order valence-electron chi connectivity index (χ0n) is 12.8. The van der Waals surface area contributed by atoms with Gasteiger partial charge in [0.2, 0.25) is 0 Å². The predicted molar refractivity (Wildman–Crippen MR) is 82.4 cm³/mol. The Bertz CT molecular complexity index is 491. The Morgan fingerprint density at radius 3 is 2.48 bits per heavy atom. The average molecular weight is 316 g/mol. The van der Waals surface area contributed by atoms with Gasteiger partial charge in [-0.3, -0.25) is 4.79 Å². The molecule has 118 valence electrons. The van der Waals surface area contributed by atoms with E-state index in [9.17, 15) is 4.79 Å². The van der Waals surface area contributed by atoms with E-state index in [1.54, 1.807) is 6.07 Å². The normalized spacial score (nSPS) is 12.1. The van der Waals surface area contributed by atoms with Crippen molar-refractivity contribution in [2.45, 2.75) is 26.3 Å². The molecule has 0 spiro atoms. The van der Waals surface area contributed by atoms with Gasteiger partial charge >= 0.3 is 0 Å². The molecule has 0 radical (unpaired) electrons. The van der Waals surface area contributed by atoms with Crippen LogP contribution >= 0.6 is 11.6 Å². The van der Waals surface area contributed by atoms with E-state index in [0.29, 0.717) is 28.5 Å². The fourth-order valence-electron chi connectivity index (χ4n) is 2.01. The van der Waals surface area contributed by atoms with E-state index in [2.05, 4.69) is 5.32 Å². The second kappa shape index (κ2) is 8.10. The number of halogens is 1. The summed E-state index contributed by atoms with van der Waals surface area (Å²) in [5.41, 5.74) is 0.390. The number of aliphatic hydroxyl groups excluding tert-OH is 1. The zero-order chi connectivity index (χ0) is 16.0. The lowest BCUT2D eigenvalue weighted by Gasteiger charge is -2.22. The molecule has 0 saturated heterocycles. The first-order valence-corrected chi connectivity index (χ1v) is 7.15. The number of hydrogen-bond acceptors (Lipinski definition) is 4. The summed E-state index contributed by atoms with van der Waals surface area (Å²) in [5, 5.41) is 12.3. The molecular weight excluding hydrogens is 294 g/mol. The average Bonchev–Trinajstić information content (AvgIpc) is 2.45. The Hall–Kier alpha value is -1.46. The van der Waals surface area contributed by atoms with Crippen LogP contribution in [0.4, 0.5) is 0 Å². The van der Waals surface area contributed by atoms with Gasteiger partial charge in [-0.25, -0.2) is 0 Å². The van der Waals surface area contributed by atoms with Gasteiger partial charge in [0.05, 0.1) is 19.2 Å². The van der Waals surface area contributed by atoms with Gasteiger partial charge in [0, 0.05) is 18.2 Å². The number of methoxy groups -OCH3 is 2. The number of hydrogen-bond donors (Lipinski definition) is 2. The van der Waals surface area contributed by atoms with Crippen LogP contribution in [0, 0.1) is 5.92 Å². The Morgan fingerprint density at radius 2 is 2.00 bits per heavy atom. The second-order valence-electron chi connectivity index (χ2n) is 5.03. The van der Waals surface area contributed by atoms with E-state index in [4.69, 9.17) is 26.2 Å². The molecule has 0 heterocycles. The molecule has 0 bridgehead atoms. The first-order valence-electron chi connectivity index (χ1n) is 6.77. The highest BCUT2D eigenvalue weighted by Crippen LogP contribution is 2.36. The van der Waals surface area contributed by atoms with Crippen LogP contribution in [0.5, 0.6) is 11.5 Å². The topological polar surface area (TPSA) is 67.8 Å². The summed E-state index contributed by atoms with van der Waals surface area (Å²) in [6.07, 6.45) is 0.504. The standard InChI is InChI=1S/C15H22ClNO4/c1-9(2)12(5-6-18)17-15(19)10-7-11(16)14(21-4)13(8-10)20-3/h7-9,12,18H,5-6H2,1-4H3,(H,17,19). The minimum atomic E-state index is -0.259. The number of ether oxygens (including phenoxy) is 2. The second-order valence-corrected chi connectivity index (χ2v) is 5.44. The molecule has 1 amide bonds. The molecule has 1 aromatic carbocycles. The summed E-state index contributed by atoms with van der Waals surface area (Å²) in [7, 11) is 2.97. The number of rotatable bonds is 7. The van der Waals surface area contributed by atoms with E-state index < -0.39 is 0 Å². The fourth-order valence-corrected chi connectivity index (χ4v) is 2.30. The van der Waals surface area contributed by atoms with Gasteiger partial charge in [-0.15, -0.1) is 0 Å². The van der Waals surface area contributed by atoms with Gasteiger partial charge in [-0.1, -0.05) is 25.4 Å². The summed E-state index contributed by atoms with van der Waals surface area (Å²) in [6.45, 7) is 4.00. The number of carbonyl (C=O) groups is 1. The van der Waals surface area contributed by atoms with Crippen molar-refractivity contribution in [1.82, 2.24) is 5.32 Å². The minimum absolute atomic E-state index is 0.0236. The Kier molecular flexibility index (Phi) is 6.78. The van der Waals surface area contributed by atoms with Gasteiger partial charge in [0.15, 0.2) is 11.5 Å². The molecule has 0 aromatic heterocycles. The maximum Gasteiger partial charge on any atom is 0.251 e. The van der Waals surface area contributed by atoms with Crippen LogP contribution in [0.15, 0.2) is 12.1 Å². The molecule has 1 aromatic rings. The maximum absolute atomic E-state index is 12.3. The SMILES string of the molecule is COc1cc(C(=O)NC(CCO)C(C)C)cc(Cl)c1OC. The minimum Gasteiger partial charge on any atom is -0.493 e. The van der Waals surface area contributed by atoms with Crippen LogP contribution in [-0.2, 0) is 0 Å². The molecular formula is C15H22ClNO4. The van der Waals surface area contributed by atoms with E-state index in [1.807, 2.05) is 13.8 Å². The molecule has 2 N–H and O–H groups in total. The fraction of sp³-hybridized carbons (Fsp3) is 0.533. The van der Waals surface area contributed by atoms with Gasteiger partial charge in [-0.05, 0) is 24.5 Å². The highest BCUT2D eigenvalue weighted by molar-refractivity contribution is 6.32. The predicted octanol–water partition coefficient (Wildman–Crippen LogP) is 2.49. The highest BCUT2D eigenvalue weighted by atomic mass is 35.5. The van der Waals surface area contributed by atoms with Crippen molar-refractivity contribution in [3.8, 4) is 11.5 Å². The number of benzene rings is 1. The third kappa shape index (κ3) is 4.51. The highest BCUT2D eigenvalue weighted by Gasteiger charge is 2.19. The van der Waals surface area contributed by atoms with Gasteiger partial charge in [0.1, 0.15) is 0 Å². The monoisotopic (exact) mass is 315 g/mol. The number of amides is 1. The van der Waals surface area contributed by atoms with E-state index >= 15 is 0 Å². The molecule has 21 heavy (non-hydrogen) atoms. The summed E-state index contributed by atoms with van der Waals surface area (Å²) in [5.74, 6) is 0.756. The van der Waals surface area contributed by atoms with Gasteiger partial charge < -0.3 is 19.9 Å². The maximum atomic E-state index is 12.3. The van der Waals surface area contributed by atoms with Crippen molar-refractivity contribution in [1.29, 1.82) is 0 Å². The van der Waals surface area contributed by atoms with Crippen molar-refractivity contribution >= 4 is 17.5 Å². The molecule has 0 fully saturated rings. The Labute approximate surface area is 130 Å². The lowest BCUT2D eigenvalue weighted by atomic mass is 10.0. The Balaban J connectivity index is 2.99. The van der Waals surface area contributed by atoms with Crippen molar-refractivity contribution in [2.75, 3.05) is 20.8 Å².